The van der Waals surface area contributed by atoms with Gasteiger partial charge in [0.05, 0.1) is 12.8 Å². The number of nitrogens with one attached hydrogen (secondary N) is 2. The normalized spacial score (nSPS) is 10.0. The van der Waals surface area contributed by atoms with Gasteiger partial charge in [0.2, 0.25) is 11.8 Å². The van der Waals surface area contributed by atoms with E-state index in [9.17, 15) is 14.4 Å². The molecule has 0 saturated heterocycles. The molecule has 2 amide bonds. The molecule has 0 atom stereocenters. The second kappa shape index (κ2) is 7.21. The summed E-state index contributed by atoms with van der Waals surface area (Å²) in [4.78, 5) is 34.7. The lowest BCUT2D eigenvalue weighted by molar-refractivity contribution is -0.127. The maximum atomic E-state index is 11.8. The van der Waals surface area contributed by atoms with E-state index in [1.165, 1.54) is 13.2 Å². The third-order valence-corrected chi connectivity index (χ3v) is 2.91. The van der Waals surface area contributed by atoms with Crippen LogP contribution in [0.4, 0.5) is 5.69 Å². The van der Waals surface area contributed by atoms with E-state index in [1.807, 2.05) is 0 Å². The van der Waals surface area contributed by atoms with Crippen LogP contribution in [0.15, 0.2) is 47.1 Å². The van der Waals surface area contributed by atoms with E-state index in [1.54, 1.807) is 36.4 Å². The van der Waals surface area contributed by atoms with Crippen LogP contribution in [0.3, 0.4) is 0 Å². The quantitative estimate of drug-likeness (QED) is 0.632. The van der Waals surface area contributed by atoms with Crippen molar-refractivity contribution in [2.45, 2.75) is 19.9 Å². The molecule has 0 aliphatic heterocycles. The lowest BCUT2D eigenvalue weighted by Crippen LogP contribution is -2.27. The molecular formula is C16H16N2O4. The molecule has 114 valence electrons. The molecule has 0 saturated carbocycles. The van der Waals surface area contributed by atoms with Crippen molar-refractivity contribution in [3.63, 3.8) is 0 Å². The minimum absolute atomic E-state index is 0.0905. The average molecular weight is 300 g/mol. The Balaban J connectivity index is 1.83. The topological polar surface area (TPSA) is 88.4 Å². The first-order valence-electron chi connectivity index (χ1n) is 6.74. The van der Waals surface area contributed by atoms with Gasteiger partial charge in [-0.2, -0.15) is 0 Å². The number of Topliss-reactive ketones (excluding diaryl/α,β-unsaturated/α-hetero) is 1. The van der Waals surface area contributed by atoms with Crippen molar-refractivity contribution in [3.05, 3.63) is 54.0 Å². The third-order valence-electron chi connectivity index (χ3n) is 2.91. The van der Waals surface area contributed by atoms with Gasteiger partial charge in [-0.25, -0.2) is 0 Å². The first kappa shape index (κ1) is 15.5. The highest BCUT2D eigenvalue weighted by molar-refractivity contribution is 6.04. The third kappa shape index (κ3) is 4.59. The molecule has 22 heavy (non-hydrogen) atoms. The summed E-state index contributed by atoms with van der Waals surface area (Å²) in [5.41, 5.74) is 0.983. The highest BCUT2D eigenvalue weighted by Gasteiger charge is 2.10. The molecule has 0 bridgehead atoms. The smallest absolute Gasteiger partial charge is 0.233 e. The van der Waals surface area contributed by atoms with E-state index in [-0.39, 0.29) is 18.7 Å². The van der Waals surface area contributed by atoms with Gasteiger partial charge in [0.25, 0.3) is 0 Å². The standard InChI is InChI=1S/C16H16N2O4/c1-11(19)12-4-2-5-13(8-12)18-16(21)9-15(20)17-10-14-6-3-7-22-14/h2-8H,9-10H2,1H3,(H,17,20)(H,18,21). The zero-order valence-corrected chi connectivity index (χ0v) is 12.1. The Morgan fingerprint density at radius 1 is 1.09 bits per heavy atom. The van der Waals surface area contributed by atoms with Gasteiger partial charge in [-0.3, -0.25) is 14.4 Å². The van der Waals surface area contributed by atoms with Crippen molar-refractivity contribution in [2.75, 3.05) is 5.32 Å². The van der Waals surface area contributed by atoms with E-state index >= 15 is 0 Å². The molecular weight excluding hydrogens is 284 g/mol. The first-order chi connectivity index (χ1) is 10.5. The predicted octanol–water partition coefficient (Wildman–Crippen LogP) is 2.13. The van der Waals surface area contributed by atoms with E-state index < -0.39 is 11.8 Å². The minimum atomic E-state index is -0.447. The number of carbonyl (C=O) groups is 3. The predicted molar refractivity (Wildman–Crippen MR) is 80.2 cm³/mol. The highest BCUT2D eigenvalue weighted by Crippen LogP contribution is 2.11. The number of amides is 2. The molecule has 0 aliphatic carbocycles. The maximum Gasteiger partial charge on any atom is 0.233 e. The van der Waals surface area contributed by atoms with Crippen LogP contribution in [0.25, 0.3) is 0 Å². The molecule has 2 aromatic rings. The van der Waals surface area contributed by atoms with Gasteiger partial charge in [-0.15, -0.1) is 0 Å². The molecule has 0 radical (unpaired) electrons. The first-order valence-corrected chi connectivity index (χ1v) is 6.74. The number of furan rings is 1. The Hall–Kier alpha value is -2.89. The molecule has 0 aliphatic rings. The van der Waals surface area contributed by atoms with Crippen LogP contribution < -0.4 is 10.6 Å². The van der Waals surface area contributed by atoms with Crippen LogP contribution in [0, 0.1) is 0 Å². The Bertz CT molecular complexity index is 677. The van der Waals surface area contributed by atoms with Crippen molar-refractivity contribution in [3.8, 4) is 0 Å². The fourth-order valence-corrected chi connectivity index (χ4v) is 1.83. The number of hydrogen-bond donors (Lipinski definition) is 2. The largest absolute Gasteiger partial charge is 0.467 e. The second-order valence-corrected chi connectivity index (χ2v) is 4.72. The van der Waals surface area contributed by atoms with Crippen LogP contribution >= 0.6 is 0 Å². The number of carbonyl (C=O) groups excluding carboxylic acids is 3. The van der Waals surface area contributed by atoms with E-state index in [4.69, 9.17) is 4.42 Å². The number of anilines is 1. The van der Waals surface area contributed by atoms with Crippen molar-refractivity contribution in [1.82, 2.24) is 5.32 Å². The molecule has 2 N–H and O–H groups in total. The second-order valence-electron chi connectivity index (χ2n) is 4.72. The summed E-state index contributed by atoms with van der Waals surface area (Å²) in [5.74, 6) is -0.329. The molecule has 1 aromatic heterocycles. The molecule has 6 nitrogen and oxygen atoms in total. The van der Waals surface area contributed by atoms with Crippen LogP contribution in [0.5, 0.6) is 0 Å². The highest BCUT2D eigenvalue weighted by atomic mass is 16.3. The lowest BCUT2D eigenvalue weighted by atomic mass is 10.1. The molecule has 1 aromatic carbocycles. The fraction of sp³-hybridized carbons (Fsp3) is 0.188. The molecule has 1 heterocycles. The summed E-state index contributed by atoms with van der Waals surface area (Å²) in [6, 6.07) is 10.0. The summed E-state index contributed by atoms with van der Waals surface area (Å²) in [6.07, 6.45) is 1.21. The lowest BCUT2D eigenvalue weighted by Gasteiger charge is -2.07. The van der Waals surface area contributed by atoms with Crippen molar-refractivity contribution in [1.29, 1.82) is 0 Å². The molecule has 6 heteroatoms. The van der Waals surface area contributed by atoms with Crippen molar-refractivity contribution in [2.24, 2.45) is 0 Å². The van der Waals surface area contributed by atoms with Gasteiger partial charge < -0.3 is 15.1 Å². The Labute approximate surface area is 127 Å². The zero-order chi connectivity index (χ0) is 15.9. The van der Waals surface area contributed by atoms with Crippen molar-refractivity contribution < 1.29 is 18.8 Å². The summed E-state index contributed by atoms with van der Waals surface area (Å²) < 4.78 is 5.07. The van der Waals surface area contributed by atoms with E-state index in [0.717, 1.165) is 0 Å². The van der Waals surface area contributed by atoms with Gasteiger partial charge in [0.15, 0.2) is 5.78 Å². The zero-order valence-electron chi connectivity index (χ0n) is 12.1. The summed E-state index contributed by atoms with van der Waals surface area (Å²) >= 11 is 0. The molecule has 0 fully saturated rings. The van der Waals surface area contributed by atoms with Crippen molar-refractivity contribution >= 4 is 23.3 Å². The van der Waals surface area contributed by atoms with Crippen LogP contribution in [0.2, 0.25) is 0 Å². The number of benzene rings is 1. The monoisotopic (exact) mass is 300 g/mol. The van der Waals surface area contributed by atoms with Gasteiger partial charge in [0.1, 0.15) is 12.2 Å². The number of rotatable bonds is 6. The van der Waals surface area contributed by atoms with Crippen LogP contribution in [-0.4, -0.2) is 17.6 Å². The maximum absolute atomic E-state index is 11.8. The Kier molecular flexibility index (Phi) is 5.08. The van der Waals surface area contributed by atoms with Crippen LogP contribution in [-0.2, 0) is 16.1 Å². The van der Waals surface area contributed by atoms with E-state index in [0.29, 0.717) is 17.0 Å². The Morgan fingerprint density at radius 3 is 2.59 bits per heavy atom. The molecule has 2 rings (SSSR count). The summed E-state index contributed by atoms with van der Waals surface area (Å²) in [7, 11) is 0. The van der Waals surface area contributed by atoms with Gasteiger partial charge in [0, 0.05) is 11.3 Å². The van der Waals surface area contributed by atoms with Gasteiger partial charge in [-0.05, 0) is 31.2 Å². The molecule has 0 unspecified atom stereocenters. The Morgan fingerprint density at radius 2 is 1.91 bits per heavy atom. The number of hydrogen-bond acceptors (Lipinski definition) is 4. The number of ketones is 1. The van der Waals surface area contributed by atoms with Gasteiger partial charge in [-0.1, -0.05) is 12.1 Å². The van der Waals surface area contributed by atoms with Crippen LogP contribution in [0.1, 0.15) is 29.5 Å². The SMILES string of the molecule is CC(=O)c1cccc(NC(=O)CC(=O)NCc2ccco2)c1. The van der Waals surface area contributed by atoms with E-state index in [2.05, 4.69) is 10.6 Å². The molecule has 0 spiro atoms. The average Bonchev–Trinajstić information content (AvgIpc) is 2.98. The summed E-state index contributed by atoms with van der Waals surface area (Å²) in [6.45, 7) is 1.68. The fourth-order valence-electron chi connectivity index (χ4n) is 1.83. The van der Waals surface area contributed by atoms with Gasteiger partial charge >= 0.3 is 0 Å². The minimum Gasteiger partial charge on any atom is -0.467 e. The summed E-state index contributed by atoms with van der Waals surface area (Å²) in [5, 5.41) is 5.17.